The van der Waals surface area contributed by atoms with E-state index in [2.05, 4.69) is 11.9 Å². The van der Waals surface area contributed by atoms with Crippen molar-refractivity contribution >= 4 is 17.8 Å². The Hall–Kier alpha value is -3.74. The van der Waals surface area contributed by atoms with Gasteiger partial charge in [-0.05, 0) is 53.4 Å². The first kappa shape index (κ1) is 26.9. The number of unbranched alkanes of at least 4 members (excludes halogenated alkanes) is 1. The first-order chi connectivity index (χ1) is 17.2. The van der Waals surface area contributed by atoms with Crippen LogP contribution >= 0.6 is 0 Å². The zero-order chi connectivity index (χ0) is 26.0. The third-order valence-electron chi connectivity index (χ3n) is 5.45. The van der Waals surface area contributed by atoms with Crippen molar-refractivity contribution in [3.05, 3.63) is 101 Å². The summed E-state index contributed by atoms with van der Waals surface area (Å²) in [6.07, 6.45) is -0.759. The van der Waals surface area contributed by atoms with E-state index in [0.717, 1.165) is 36.3 Å². The molecular weight excluding hydrogens is 467 g/mol. The van der Waals surface area contributed by atoms with Gasteiger partial charge in [0.05, 0.1) is 12.2 Å². The highest BCUT2D eigenvalue weighted by Crippen LogP contribution is 2.29. The molecule has 0 bridgehead atoms. The zero-order valence-electron chi connectivity index (χ0n) is 20.1. The van der Waals surface area contributed by atoms with E-state index in [1.54, 1.807) is 30.5 Å². The molecule has 0 unspecified atom stereocenters. The second-order valence-electron chi connectivity index (χ2n) is 8.45. The smallest absolute Gasteiger partial charge is 0.416 e. The van der Waals surface area contributed by atoms with Crippen LogP contribution in [0.5, 0.6) is 5.75 Å². The molecule has 0 saturated heterocycles. The van der Waals surface area contributed by atoms with Gasteiger partial charge < -0.3 is 4.74 Å². The Morgan fingerprint density at radius 1 is 0.917 bits per heavy atom. The molecule has 3 aromatic rings. The van der Waals surface area contributed by atoms with Crippen molar-refractivity contribution in [3.63, 3.8) is 0 Å². The second-order valence-corrected chi connectivity index (χ2v) is 8.45. The summed E-state index contributed by atoms with van der Waals surface area (Å²) < 4.78 is 44.2. The van der Waals surface area contributed by atoms with E-state index < -0.39 is 11.7 Å². The first-order valence-electron chi connectivity index (χ1n) is 11.8. The summed E-state index contributed by atoms with van der Waals surface area (Å²) in [6, 6.07) is 18.9. The number of hydrogen-bond acceptors (Lipinski definition) is 4. The molecule has 0 spiro atoms. The quantitative estimate of drug-likeness (QED) is 0.163. The fraction of sp³-hybridized carbons (Fsp3) is 0.276. The predicted octanol–water partition coefficient (Wildman–Crippen LogP) is 6.54. The van der Waals surface area contributed by atoms with Gasteiger partial charge in [0.15, 0.2) is 5.78 Å². The predicted molar refractivity (Wildman–Crippen MR) is 134 cm³/mol. The minimum atomic E-state index is -4.45. The van der Waals surface area contributed by atoms with Gasteiger partial charge >= 0.3 is 6.18 Å². The molecule has 0 aliphatic heterocycles. The van der Waals surface area contributed by atoms with E-state index in [-0.39, 0.29) is 31.0 Å². The highest BCUT2D eigenvalue weighted by Gasteiger charge is 2.30. The van der Waals surface area contributed by atoms with Crippen molar-refractivity contribution in [1.29, 1.82) is 0 Å². The summed E-state index contributed by atoms with van der Waals surface area (Å²) in [6.45, 7) is 2.78. The molecule has 0 N–H and O–H groups in total. The lowest BCUT2D eigenvalue weighted by atomic mass is 10.00. The summed E-state index contributed by atoms with van der Waals surface area (Å²) >= 11 is 0. The van der Waals surface area contributed by atoms with Crippen LogP contribution in [0.4, 0.5) is 13.2 Å². The van der Waals surface area contributed by atoms with Crippen molar-refractivity contribution in [2.45, 2.75) is 38.8 Å². The number of benzene rings is 3. The summed E-state index contributed by atoms with van der Waals surface area (Å²) in [5.41, 5.74) is 1.57. The Kier molecular flexibility index (Phi) is 9.56. The van der Waals surface area contributed by atoms with Crippen molar-refractivity contribution in [2.24, 2.45) is 4.99 Å². The molecule has 0 heterocycles. The number of nitrogens with zero attached hydrogens (tertiary/aromatic N) is 1. The number of aliphatic imine (C=N–C) groups is 1. The molecule has 0 aliphatic rings. The van der Waals surface area contributed by atoms with Crippen LogP contribution in [-0.2, 0) is 23.8 Å². The Morgan fingerprint density at radius 2 is 1.61 bits per heavy atom. The van der Waals surface area contributed by atoms with Gasteiger partial charge in [-0.2, -0.15) is 13.2 Å². The lowest BCUT2D eigenvalue weighted by Crippen LogP contribution is -2.10. The monoisotopic (exact) mass is 495 g/mol. The number of halogens is 3. The first-order valence-corrected chi connectivity index (χ1v) is 11.8. The van der Waals surface area contributed by atoms with E-state index in [1.165, 1.54) is 12.1 Å². The van der Waals surface area contributed by atoms with Gasteiger partial charge in [0.25, 0.3) is 0 Å². The summed E-state index contributed by atoms with van der Waals surface area (Å²) in [5, 5.41) is 0. The van der Waals surface area contributed by atoms with Gasteiger partial charge in [0.1, 0.15) is 18.1 Å². The Balaban J connectivity index is 1.49. The number of carbonyl (C=O) groups excluding carboxylic acids is 2. The van der Waals surface area contributed by atoms with E-state index in [0.29, 0.717) is 23.3 Å². The number of ether oxygens (including phenoxy) is 1. The van der Waals surface area contributed by atoms with Crippen LogP contribution < -0.4 is 4.74 Å². The van der Waals surface area contributed by atoms with Gasteiger partial charge in [-0.25, -0.2) is 0 Å². The Bertz CT molecular complexity index is 1180. The molecule has 0 aromatic heterocycles. The minimum absolute atomic E-state index is 0.0113. The molecule has 0 fully saturated rings. The van der Waals surface area contributed by atoms with Crippen LogP contribution in [0.3, 0.4) is 0 Å². The minimum Gasteiger partial charge on any atom is -0.494 e. The lowest BCUT2D eigenvalue weighted by Gasteiger charge is -2.08. The molecule has 0 atom stereocenters. The van der Waals surface area contributed by atoms with Crippen LogP contribution in [0.15, 0.2) is 77.8 Å². The van der Waals surface area contributed by atoms with Crippen LogP contribution in [-0.4, -0.2) is 30.9 Å². The molecule has 7 heteroatoms. The highest BCUT2D eigenvalue weighted by atomic mass is 19.4. The van der Waals surface area contributed by atoms with Crippen molar-refractivity contribution in [3.8, 4) is 5.75 Å². The molecule has 0 amide bonds. The second kappa shape index (κ2) is 12.8. The van der Waals surface area contributed by atoms with Gasteiger partial charge in [0.2, 0.25) is 0 Å². The average molecular weight is 496 g/mol. The Labute approximate surface area is 208 Å². The number of alkyl halides is 3. The largest absolute Gasteiger partial charge is 0.494 e. The number of rotatable bonds is 12. The van der Waals surface area contributed by atoms with Crippen LogP contribution in [0.25, 0.3) is 0 Å². The normalized spacial score (nSPS) is 11.6. The van der Waals surface area contributed by atoms with E-state index in [1.807, 2.05) is 24.3 Å². The van der Waals surface area contributed by atoms with Crippen LogP contribution in [0, 0.1) is 0 Å². The molecule has 4 nitrogen and oxygen atoms in total. The molecule has 0 saturated carbocycles. The number of Topliss-reactive ketones (excluding diaryl/α,β-unsaturated/α-hetero) is 2. The third-order valence-corrected chi connectivity index (χ3v) is 5.45. The SMILES string of the molecule is CCCCOc1ccc(C=NCC(=O)c2ccc(CC(=O)Cc3cccc(C(F)(F)F)c3)cc2)cc1. The average Bonchev–Trinajstić information content (AvgIpc) is 2.85. The molecule has 0 radical (unpaired) electrons. The van der Waals surface area contributed by atoms with Gasteiger partial charge in [0, 0.05) is 24.6 Å². The molecule has 188 valence electrons. The van der Waals surface area contributed by atoms with E-state index in [4.69, 9.17) is 4.74 Å². The van der Waals surface area contributed by atoms with Crippen molar-refractivity contribution < 1.29 is 27.5 Å². The van der Waals surface area contributed by atoms with Gasteiger partial charge in [-0.15, -0.1) is 0 Å². The molecule has 3 aromatic carbocycles. The topological polar surface area (TPSA) is 55.7 Å². The van der Waals surface area contributed by atoms with Crippen molar-refractivity contribution in [2.75, 3.05) is 13.2 Å². The summed E-state index contributed by atoms with van der Waals surface area (Å²) in [7, 11) is 0. The highest BCUT2D eigenvalue weighted by molar-refractivity contribution is 5.98. The zero-order valence-corrected chi connectivity index (χ0v) is 20.1. The third kappa shape index (κ3) is 8.48. The van der Waals surface area contributed by atoms with Crippen molar-refractivity contribution in [1.82, 2.24) is 0 Å². The maximum absolute atomic E-state index is 12.9. The molecule has 3 rings (SSSR count). The molecule has 0 aliphatic carbocycles. The van der Waals surface area contributed by atoms with E-state index >= 15 is 0 Å². The van der Waals surface area contributed by atoms with Crippen LogP contribution in [0.2, 0.25) is 0 Å². The lowest BCUT2D eigenvalue weighted by molar-refractivity contribution is -0.137. The summed E-state index contributed by atoms with van der Waals surface area (Å²) in [5.74, 6) is 0.428. The standard InChI is InChI=1S/C29H28F3NO3/c1-2-3-15-36-27-13-9-22(10-14-27)19-33-20-28(35)24-11-7-21(8-12-24)17-26(34)18-23-5-4-6-25(16-23)29(30,31)32/h4-14,16,19H,2-3,15,17-18,20H2,1H3. The fourth-order valence-electron chi connectivity index (χ4n) is 3.49. The maximum Gasteiger partial charge on any atom is 0.416 e. The number of ketones is 2. The maximum atomic E-state index is 12.9. The van der Waals surface area contributed by atoms with Gasteiger partial charge in [-0.1, -0.05) is 55.8 Å². The Morgan fingerprint density at radius 3 is 2.28 bits per heavy atom. The fourth-order valence-corrected chi connectivity index (χ4v) is 3.49. The van der Waals surface area contributed by atoms with Crippen LogP contribution in [0.1, 0.15) is 52.4 Å². The molecule has 36 heavy (non-hydrogen) atoms. The number of hydrogen-bond donors (Lipinski definition) is 0. The number of carbonyl (C=O) groups is 2. The summed E-state index contributed by atoms with van der Waals surface area (Å²) in [4.78, 5) is 29.0. The van der Waals surface area contributed by atoms with Gasteiger partial charge in [-0.3, -0.25) is 14.6 Å². The molecular formula is C29H28F3NO3. The van der Waals surface area contributed by atoms with E-state index in [9.17, 15) is 22.8 Å².